The molecule has 1 unspecified atom stereocenters. The molecular weight excluding hydrogens is 204 g/mol. The van der Waals surface area contributed by atoms with Gasteiger partial charge in [0.05, 0.1) is 12.5 Å². The van der Waals surface area contributed by atoms with E-state index in [0.717, 1.165) is 24.0 Å². The van der Waals surface area contributed by atoms with E-state index in [1.54, 1.807) is 6.92 Å². The fourth-order valence-electron chi connectivity index (χ4n) is 2.33. The molecule has 1 aliphatic rings. The molecule has 0 saturated heterocycles. The van der Waals surface area contributed by atoms with Crippen molar-refractivity contribution < 1.29 is 15.0 Å². The monoisotopic (exact) mass is 220 g/mol. The van der Waals surface area contributed by atoms with Crippen LogP contribution >= 0.6 is 0 Å². The smallest absolute Gasteiger partial charge is 0.304 e. The highest BCUT2D eigenvalue weighted by Crippen LogP contribution is 2.52. The lowest BCUT2D eigenvalue weighted by atomic mass is 9.87. The van der Waals surface area contributed by atoms with E-state index in [0.29, 0.717) is 0 Å². The van der Waals surface area contributed by atoms with Crippen LogP contribution in [0.2, 0.25) is 0 Å². The summed E-state index contributed by atoms with van der Waals surface area (Å²) < 4.78 is 0. The highest BCUT2D eigenvalue weighted by molar-refractivity contribution is 5.70. The average molecular weight is 220 g/mol. The molecule has 1 atom stereocenters. The second-order valence-corrected chi connectivity index (χ2v) is 4.61. The Hall–Kier alpha value is -1.35. The first kappa shape index (κ1) is 11.1. The lowest BCUT2D eigenvalue weighted by Crippen LogP contribution is -2.15. The zero-order valence-corrected chi connectivity index (χ0v) is 9.31. The van der Waals surface area contributed by atoms with Crippen LogP contribution in [0.15, 0.2) is 24.3 Å². The molecule has 3 heteroatoms. The predicted molar refractivity (Wildman–Crippen MR) is 60.2 cm³/mol. The summed E-state index contributed by atoms with van der Waals surface area (Å²) in [6, 6.07) is 7.60. The van der Waals surface area contributed by atoms with Gasteiger partial charge in [-0.3, -0.25) is 4.79 Å². The maximum Gasteiger partial charge on any atom is 0.304 e. The number of aliphatic hydroxyl groups is 1. The Morgan fingerprint density at radius 2 is 2.06 bits per heavy atom. The van der Waals surface area contributed by atoms with E-state index in [4.69, 9.17) is 5.11 Å². The highest BCUT2D eigenvalue weighted by Gasteiger charge is 2.47. The van der Waals surface area contributed by atoms with Crippen LogP contribution in [0.3, 0.4) is 0 Å². The minimum absolute atomic E-state index is 0.163. The fourth-order valence-corrected chi connectivity index (χ4v) is 2.33. The van der Waals surface area contributed by atoms with Crippen molar-refractivity contribution in [2.75, 3.05) is 0 Å². The Morgan fingerprint density at radius 3 is 2.56 bits per heavy atom. The van der Waals surface area contributed by atoms with Crippen molar-refractivity contribution in [3.63, 3.8) is 0 Å². The largest absolute Gasteiger partial charge is 0.481 e. The van der Waals surface area contributed by atoms with Gasteiger partial charge in [-0.05, 0) is 30.9 Å². The Kier molecular flexibility index (Phi) is 2.72. The van der Waals surface area contributed by atoms with Gasteiger partial charge in [0.25, 0.3) is 0 Å². The third-order valence-electron chi connectivity index (χ3n) is 3.33. The summed E-state index contributed by atoms with van der Waals surface area (Å²) in [5.74, 6) is -0.766. The molecule has 2 rings (SSSR count). The van der Waals surface area contributed by atoms with Crippen molar-refractivity contribution >= 4 is 5.97 Å². The molecule has 1 fully saturated rings. The Bertz CT molecular complexity index is 405. The maximum absolute atomic E-state index is 10.8. The third kappa shape index (κ3) is 1.95. The predicted octanol–water partition coefficient (Wildman–Crippen LogP) is 2.25. The van der Waals surface area contributed by atoms with E-state index >= 15 is 0 Å². The summed E-state index contributed by atoms with van der Waals surface area (Å²) >= 11 is 0. The van der Waals surface area contributed by atoms with Gasteiger partial charge in [-0.2, -0.15) is 0 Å². The number of benzene rings is 1. The molecular formula is C13H16O3. The number of hydrogen-bond donors (Lipinski definition) is 2. The quantitative estimate of drug-likeness (QED) is 0.818. The third-order valence-corrected chi connectivity index (χ3v) is 3.33. The number of aliphatic carboxylic acids is 1. The van der Waals surface area contributed by atoms with E-state index in [2.05, 4.69) is 0 Å². The molecule has 1 aliphatic carbocycles. The normalized spacial score (nSPS) is 19.1. The SMILES string of the molecule is CC(O)c1ccccc1C1(CC(=O)O)CC1. The van der Waals surface area contributed by atoms with Crippen LogP contribution in [0.1, 0.15) is 43.4 Å². The molecule has 1 aromatic carbocycles. The van der Waals surface area contributed by atoms with E-state index < -0.39 is 12.1 Å². The second kappa shape index (κ2) is 3.91. The molecule has 0 spiro atoms. The summed E-state index contributed by atoms with van der Waals surface area (Å²) in [6.07, 6.45) is 1.44. The topological polar surface area (TPSA) is 57.5 Å². The first-order valence-corrected chi connectivity index (χ1v) is 5.54. The Balaban J connectivity index is 2.36. The first-order valence-electron chi connectivity index (χ1n) is 5.54. The molecule has 0 aromatic heterocycles. The number of carboxylic acid groups (broad SMARTS) is 1. The van der Waals surface area contributed by atoms with Gasteiger partial charge in [0.1, 0.15) is 0 Å². The minimum atomic E-state index is -0.766. The van der Waals surface area contributed by atoms with Crippen LogP contribution in [0, 0.1) is 0 Å². The van der Waals surface area contributed by atoms with Gasteiger partial charge in [0.2, 0.25) is 0 Å². The van der Waals surface area contributed by atoms with Crippen molar-refractivity contribution in [1.29, 1.82) is 0 Å². The Morgan fingerprint density at radius 1 is 1.44 bits per heavy atom. The average Bonchev–Trinajstić information content (AvgIpc) is 2.98. The van der Waals surface area contributed by atoms with E-state index in [-0.39, 0.29) is 11.8 Å². The summed E-state index contributed by atoms with van der Waals surface area (Å²) in [7, 11) is 0. The van der Waals surface area contributed by atoms with Gasteiger partial charge in [-0.25, -0.2) is 0 Å². The fraction of sp³-hybridized carbons (Fsp3) is 0.462. The van der Waals surface area contributed by atoms with Crippen molar-refractivity contribution in [2.24, 2.45) is 0 Å². The van der Waals surface area contributed by atoms with Crippen LogP contribution in [0.25, 0.3) is 0 Å². The zero-order valence-electron chi connectivity index (χ0n) is 9.31. The van der Waals surface area contributed by atoms with E-state index in [1.165, 1.54) is 0 Å². The zero-order chi connectivity index (χ0) is 11.8. The van der Waals surface area contributed by atoms with Crippen LogP contribution in [-0.2, 0) is 10.2 Å². The highest BCUT2D eigenvalue weighted by atomic mass is 16.4. The molecule has 0 aliphatic heterocycles. The van der Waals surface area contributed by atoms with Crippen LogP contribution in [0.5, 0.6) is 0 Å². The molecule has 2 N–H and O–H groups in total. The number of carboxylic acids is 1. The van der Waals surface area contributed by atoms with Crippen LogP contribution in [0.4, 0.5) is 0 Å². The van der Waals surface area contributed by atoms with Gasteiger partial charge in [-0.15, -0.1) is 0 Å². The molecule has 3 nitrogen and oxygen atoms in total. The first-order chi connectivity index (χ1) is 7.55. The lowest BCUT2D eigenvalue weighted by Gasteiger charge is -2.19. The molecule has 0 radical (unpaired) electrons. The second-order valence-electron chi connectivity index (χ2n) is 4.61. The van der Waals surface area contributed by atoms with Crippen LogP contribution in [-0.4, -0.2) is 16.2 Å². The summed E-state index contributed by atoms with van der Waals surface area (Å²) in [6.45, 7) is 1.72. The summed E-state index contributed by atoms with van der Waals surface area (Å²) in [5.41, 5.74) is 1.65. The maximum atomic E-state index is 10.8. The standard InChI is InChI=1S/C13H16O3/c1-9(14)10-4-2-3-5-11(10)13(6-7-13)8-12(15)16/h2-5,9,14H,6-8H2,1H3,(H,15,16). The summed E-state index contributed by atoms with van der Waals surface area (Å²) in [5, 5.41) is 18.6. The van der Waals surface area contributed by atoms with E-state index in [1.807, 2.05) is 24.3 Å². The van der Waals surface area contributed by atoms with Crippen molar-refractivity contribution in [1.82, 2.24) is 0 Å². The van der Waals surface area contributed by atoms with Gasteiger partial charge in [0.15, 0.2) is 0 Å². The number of aliphatic hydroxyl groups excluding tert-OH is 1. The van der Waals surface area contributed by atoms with E-state index in [9.17, 15) is 9.90 Å². The van der Waals surface area contributed by atoms with Crippen molar-refractivity contribution in [3.8, 4) is 0 Å². The molecule has 1 saturated carbocycles. The Labute approximate surface area is 94.7 Å². The number of rotatable bonds is 4. The number of hydrogen-bond acceptors (Lipinski definition) is 2. The van der Waals surface area contributed by atoms with Gasteiger partial charge in [-0.1, -0.05) is 24.3 Å². The lowest BCUT2D eigenvalue weighted by molar-refractivity contribution is -0.137. The molecule has 0 bridgehead atoms. The van der Waals surface area contributed by atoms with Gasteiger partial charge in [0, 0.05) is 5.41 Å². The minimum Gasteiger partial charge on any atom is -0.481 e. The molecule has 0 heterocycles. The molecule has 1 aromatic rings. The molecule has 0 amide bonds. The molecule has 16 heavy (non-hydrogen) atoms. The molecule has 86 valence electrons. The summed E-state index contributed by atoms with van der Waals surface area (Å²) in [4.78, 5) is 10.8. The number of carbonyl (C=O) groups is 1. The van der Waals surface area contributed by atoms with Crippen molar-refractivity contribution in [3.05, 3.63) is 35.4 Å². The van der Waals surface area contributed by atoms with Gasteiger partial charge < -0.3 is 10.2 Å². The van der Waals surface area contributed by atoms with Crippen LogP contribution < -0.4 is 0 Å². The van der Waals surface area contributed by atoms with Crippen molar-refractivity contribution in [2.45, 2.75) is 37.7 Å². The van der Waals surface area contributed by atoms with Gasteiger partial charge >= 0.3 is 5.97 Å².